The molecule has 0 bridgehead atoms. The molecule has 2 N–H and O–H groups in total. The van der Waals surface area contributed by atoms with E-state index in [0.29, 0.717) is 5.92 Å². The van der Waals surface area contributed by atoms with Gasteiger partial charge in [0, 0.05) is 12.6 Å². The fourth-order valence-corrected chi connectivity index (χ4v) is 3.19. The van der Waals surface area contributed by atoms with Crippen molar-refractivity contribution in [2.45, 2.75) is 62.8 Å². The molecule has 2 nitrogen and oxygen atoms in total. The minimum atomic E-state index is -4.24. The number of hydrogen-bond donors (Lipinski definition) is 1. The highest BCUT2D eigenvalue weighted by Crippen LogP contribution is 2.48. The number of ether oxygens (including phenoxy) is 1. The summed E-state index contributed by atoms with van der Waals surface area (Å²) in [6.07, 6.45) is 0.120. The second kappa shape index (κ2) is 5.00. The third-order valence-corrected chi connectivity index (χ3v) is 4.68. The molecule has 2 saturated carbocycles. The number of hydrogen-bond acceptors (Lipinski definition) is 2. The maximum absolute atomic E-state index is 12.6. The van der Waals surface area contributed by atoms with Crippen molar-refractivity contribution in [2.75, 3.05) is 7.11 Å². The SMILES string of the molecule is COC(CC1CCC(C2(N)CC2)CC1)C(F)(F)F. The van der Waals surface area contributed by atoms with Gasteiger partial charge in [-0.2, -0.15) is 13.2 Å². The van der Waals surface area contributed by atoms with Gasteiger partial charge in [0.05, 0.1) is 0 Å². The molecule has 2 rings (SSSR count). The van der Waals surface area contributed by atoms with Crippen LogP contribution in [0.5, 0.6) is 0 Å². The van der Waals surface area contributed by atoms with Crippen LogP contribution in [0.2, 0.25) is 0 Å². The van der Waals surface area contributed by atoms with E-state index in [1.54, 1.807) is 0 Å². The summed E-state index contributed by atoms with van der Waals surface area (Å²) in [6, 6.07) is 0. The first-order valence-corrected chi connectivity index (χ1v) is 6.73. The molecule has 0 radical (unpaired) electrons. The van der Waals surface area contributed by atoms with E-state index in [2.05, 4.69) is 4.74 Å². The zero-order valence-corrected chi connectivity index (χ0v) is 10.8. The third kappa shape index (κ3) is 3.18. The molecule has 106 valence electrons. The molecule has 5 heteroatoms. The van der Waals surface area contributed by atoms with Gasteiger partial charge in [0.15, 0.2) is 6.10 Å². The van der Waals surface area contributed by atoms with Crippen molar-refractivity contribution < 1.29 is 17.9 Å². The van der Waals surface area contributed by atoms with E-state index in [0.717, 1.165) is 45.6 Å². The van der Waals surface area contributed by atoms with Crippen LogP contribution in [0.4, 0.5) is 13.2 Å². The number of nitrogens with two attached hydrogens (primary N) is 1. The molecule has 0 aromatic heterocycles. The van der Waals surface area contributed by atoms with Crippen LogP contribution in [-0.2, 0) is 4.74 Å². The summed E-state index contributed by atoms with van der Waals surface area (Å²) in [5.74, 6) is 0.663. The van der Waals surface area contributed by atoms with Gasteiger partial charge in [0.2, 0.25) is 0 Å². The smallest absolute Gasteiger partial charge is 0.372 e. The van der Waals surface area contributed by atoms with Crippen LogP contribution in [0.3, 0.4) is 0 Å². The molecule has 0 aliphatic heterocycles. The van der Waals surface area contributed by atoms with Crippen molar-refractivity contribution in [1.82, 2.24) is 0 Å². The van der Waals surface area contributed by atoms with Crippen LogP contribution in [0.1, 0.15) is 44.9 Å². The molecule has 0 spiro atoms. The topological polar surface area (TPSA) is 35.2 Å². The Labute approximate surface area is 106 Å². The molecule has 0 saturated heterocycles. The van der Waals surface area contributed by atoms with Crippen molar-refractivity contribution in [2.24, 2.45) is 17.6 Å². The second-order valence-electron chi connectivity index (χ2n) is 5.95. The first-order chi connectivity index (χ1) is 8.35. The Morgan fingerprint density at radius 1 is 1.22 bits per heavy atom. The fourth-order valence-electron chi connectivity index (χ4n) is 3.19. The predicted molar refractivity (Wildman–Crippen MR) is 63.1 cm³/mol. The zero-order valence-electron chi connectivity index (χ0n) is 10.8. The summed E-state index contributed by atoms with van der Waals surface area (Å²) in [5, 5.41) is 0. The standard InChI is InChI=1S/C13H22F3NO/c1-18-11(13(14,15)16)8-9-2-4-10(5-3-9)12(17)6-7-12/h9-11H,2-8,17H2,1H3. The van der Waals surface area contributed by atoms with E-state index in [4.69, 9.17) is 5.73 Å². The Kier molecular flexibility index (Phi) is 3.93. The van der Waals surface area contributed by atoms with Crippen LogP contribution in [0.25, 0.3) is 0 Å². The molecule has 1 atom stereocenters. The van der Waals surface area contributed by atoms with Gasteiger partial charge in [-0.05, 0) is 43.9 Å². The maximum Gasteiger partial charge on any atom is 0.414 e. The van der Waals surface area contributed by atoms with Crippen molar-refractivity contribution in [3.8, 4) is 0 Å². The number of alkyl halides is 3. The van der Waals surface area contributed by atoms with Crippen molar-refractivity contribution in [3.05, 3.63) is 0 Å². The molecule has 0 heterocycles. The first kappa shape index (κ1) is 14.1. The predicted octanol–water partition coefficient (Wildman–Crippen LogP) is 3.25. The van der Waals surface area contributed by atoms with Gasteiger partial charge in [-0.3, -0.25) is 0 Å². The monoisotopic (exact) mass is 265 g/mol. The van der Waals surface area contributed by atoms with E-state index >= 15 is 0 Å². The van der Waals surface area contributed by atoms with Crippen LogP contribution in [0, 0.1) is 11.8 Å². The Hall–Kier alpha value is -0.290. The van der Waals surface area contributed by atoms with Gasteiger partial charge in [-0.25, -0.2) is 0 Å². The molecule has 0 amide bonds. The molecule has 18 heavy (non-hydrogen) atoms. The van der Waals surface area contributed by atoms with E-state index in [9.17, 15) is 13.2 Å². The van der Waals surface area contributed by atoms with E-state index < -0.39 is 12.3 Å². The maximum atomic E-state index is 12.6. The summed E-state index contributed by atoms with van der Waals surface area (Å²) in [5.41, 5.74) is 6.18. The molecule has 2 aliphatic carbocycles. The van der Waals surface area contributed by atoms with Gasteiger partial charge in [-0.15, -0.1) is 0 Å². The fraction of sp³-hybridized carbons (Fsp3) is 1.00. The van der Waals surface area contributed by atoms with Gasteiger partial charge in [0.25, 0.3) is 0 Å². The van der Waals surface area contributed by atoms with Crippen LogP contribution in [-0.4, -0.2) is 24.9 Å². The lowest BCUT2D eigenvalue weighted by Crippen LogP contribution is -2.37. The van der Waals surface area contributed by atoms with Crippen LogP contribution >= 0.6 is 0 Å². The van der Waals surface area contributed by atoms with Crippen LogP contribution in [0.15, 0.2) is 0 Å². The minimum Gasteiger partial charge on any atom is -0.372 e. The zero-order chi connectivity index (χ0) is 13.4. The number of rotatable bonds is 4. The normalized spacial score (nSPS) is 33.2. The van der Waals surface area contributed by atoms with Gasteiger partial charge in [0.1, 0.15) is 0 Å². The number of halogens is 3. The third-order valence-electron chi connectivity index (χ3n) is 4.68. The van der Waals surface area contributed by atoms with Crippen molar-refractivity contribution in [3.63, 3.8) is 0 Å². The van der Waals surface area contributed by atoms with Gasteiger partial charge < -0.3 is 10.5 Å². The summed E-state index contributed by atoms with van der Waals surface area (Å²) < 4.78 is 42.4. The Balaban J connectivity index is 1.79. The molecule has 2 aliphatic rings. The lowest BCUT2D eigenvalue weighted by Gasteiger charge is -2.34. The van der Waals surface area contributed by atoms with Gasteiger partial charge >= 0.3 is 6.18 Å². The average molecular weight is 265 g/mol. The molecule has 0 aromatic carbocycles. The molecular weight excluding hydrogens is 243 g/mol. The summed E-state index contributed by atoms with van der Waals surface area (Å²) >= 11 is 0. The summed E-state index contributed by atoms with van der Waals surface area (Å²) in [4.78, 5) is 0. The van der Waals surface area contributed by atoms with E-state index in [1.807, 2.05) is 0 Å². The molecule has 0 aromatic rings. The Morgan fingerprint density at radius 3 is 2.17 bits per heavy atom. The lowest BCUT2D eigenvalue weighted by molar-refractivity contribution is -0.218. The molecule has 2 fully saturated rings. The largest absolute Gasteiger partial charge is 0.414 e. The highest BCUT2D eigenvalue weighted by molar-refractivity contribution is 5.04. The summed E-state index contributed by atoms with van der Waals surface area (Å²) in [7, 11) is 1.14. The minimum absolute atomic E-state index is 0.0235. The van der Waals surface area contributed by atoms with Gasteiger partial charge in [-0.1, -0.05) is 12.8 Å². The first-order valence-electron chi connectivity index (χ1n) is 6.73. The van der Waals surface area contributed by atoms with E-state index in [-0.39, 0.29) is 17.9 Å². The van der Waals surface area contributed by atoms with E-state index in [1.165, 1.54) is 0 Å². The quantitative estimate of drug-likeness (QED) is 0.846. The lowest BCUT2D eigenvalue weighted by atomic mass is 9.76. The average Bonchev–Trinajstić information content (AvgIpc) is 3.05. The van der Waals surface area contributed by atoms with Crippen molar-refractivity contribution >= 4 is 0 Å². The highest BCUT2D eigenvalue weighted by atomic mass is 19.4. The Morgan fingerprint density at radius 2 is 1.78 bits per heavy atom. The Bertz CT molecular complexity index is 280. The van der Waals surface area contributed by atoms with Crippen molar-refractivity contribution in [1.29, 1.82) is 0 Å². The highest BCUT2D eigenvalue weighted by Gasteiger charge is 2.47. The summed E-state index contributed by atoms with van der Waals surface area (Å²) in [6.45, 7) is 0. The molecular formula is C13H22F3NO. The second-order valence-corrected chi connectivity index (χ2v) is 5.95. The molecule has 1 unspecified atom stereocenters. The van der Waals surface area contributed by atoms with Crippen LogP contribution < -0.4 is 5.73 Å². The number of methoxy groups -OCH3 is 1.